The Labute approximate surface area is 108 Å². The lowest BCUT2D eigenvalue weighted by atomic mass is 10.1. The highest BCUT2D eigenvalue weighted by Crippen LogP contribution is 2.18. The maximum atomic E-state index is 11.2. The van der Waals surface area contributed by atoms with E-state index >= 15 is 0 Å². The van der Waals surface area contributed by atoms with E-state index in [9.17, 15) is 9.90 Å². The number of anilines is 1. The van der Waals surface area contributed by atoms with E-state index in [1.807, 2.05) is 6.07 Å². The topological polar surface area (TPSA) is 75.1 Å². The van der Waals surface area contributed by atoms with E-state index < -0.39 is 12.0 Å². The zero-order valence-corrected chi connectivity index (χ0v) is 10.0. The van der Waals surface area contributed by atoms with Crippen molar-refractivity contribution < 1.29 is 9.90 Å². The van der Waals surface area contributed by atoms with E-state index in [4.69, 9.17) is 11.6 Å². The molecule has 0 spiro atoms. The maximum absolute atomic E-state index is 11.2. The second-order valence-corrected chi connectivity index (χ2v) is 3.94. The number of carboxylic acid groups (broad SMARTS) is 1. The van der Waals surface area contributed by atoms with Crippen molar-refractivity contribution in [1.29, 1.82) is 0 Å². The molecular formula is C12H10ClN3O2. The first kappa shape index (κ1) is 12.3. The average Bonchev–Trinajstić information content (AvgIpc) is 2.37. The Morgan fingerprint density at radius 1 is 1.28 bits per heavy atom. The molecule has 0 bridgehead atoms. The standard InChI is InChI=1S/C12H10ClN3O2/c13-9-6-14-7-10(15-9)16-11(12(17)18)8-4-2-1-3-5-8/h1-7,11H,(H,15,16)(H,17,18). The molecule has 1 aromatic heterocycles. The Bertz CT molecular complexity index is 548. The van der Waals surface area contributed by atoms with Gasteiger partial charge in [-0.25, -0.2) is 9.78 Å². The van der Waals surface area contributed by atoms with Crippen molar-refractivity contribution in [2.24, 2.45) is 0 Å². The van der Waals surface area contributed by atoms with E-state index in [-0.39, 0.29) is 5.15 Å². The number of nitrogens with one attached hydrogen (secondary N) is 1. The third-order valence-corrected chi connectivity index (χ3v) is 2.46. The summed E-state index contributed by atoms with van der Waals surface area (Å²) in [5, 5.41) is 12.2. The fourth-order valence-electron chi connectivity index (χ4n) is 1.49. The highest BCUT2D eigenvalue weighted by molar-refractivity contribution is 6.29. The second-order valence-electron chi connectivity index (χ2n) is 3.55. The third kappa shape index (κ3) is 2.95. The van der Waals surface area contributed by atoms with Crippen LogP contribution in [0.4, 0.5) is 5.82 Å². The van der Waals surface area contributed by atoms with Crippen LogP contribution >= 0.6 is 11.6 Å². The minimum Gasteiger partial charge on any atom is -0.479 e. The van der Waals surface area contributed by atoms with Crippen LogP contribution in [0.25, 0.3) is 0 Å². The van der Waals surface area contributed by atoms with Crippen LogP contribution in [-0.2, 0) is 4.79 Å². The number of nitrogens with zero attached hydrogens (tertiary/aromatic N) is 2. The summed E-state index contributed by atoms with van der Waals surface area (Å²) in [6.45, 7) is 0. The van der Waals surface area contributed by atoms with Crippen LogP contribution in [0.15, 0.2) is 42.7 Å². The molecule has 2 N–H and O–H groups in total. The van der Waals surface area contributed by atoms with Crippen molar-refractivity contribution in [1.82, 2.24) is 9.97 Å². The lowest BCUT2D eigenvalue weighted by molar-refractivity contribution is -0.138. The monoisotopic (exact) mass is 263 g/mol. The molecule has 0 amide bonds. The Morgan fingerprint density at radius 2 is 2.00 bits per heavy atom. The summed E-state index contributed by atoms with van der Waals surface area (Å²) in [4.78, 5) is 19.0. The smallest absolute Gasteiger partial charge is 0.330 e. The van der Waals surface area contributed by atoms with Gasteiger partial charge in [0.05, 0.1) is 12.4 Å². The number of carboxylic acids is 1. The Balaban J connectivity index is 2.25. The Hall–Kier alpha value is -2.14. The van der Waals surface area contributed by atoms with Gasteiger partial charge in [0.2, 0.25) is 0 Å². The van der Waals surface area contributed by atoms with Gasteiger partial charge < -0.3 is 10.4 Å². The molecule has 0 saturated heterocycles. The van der Waals surface area contributed by atoms with Gasteiger partial charge in [0.25, 0.3) is 0 Å². The van der Waals surface area contributed by atoms with Gasteiger partial charge in [0, 0.05) is 0 Å². The van der Waals surface area contributed by atoms with Gasteiger partial charge in [0.1, 0.15) is 11.0 Å². The van der Waals surface area contributed by atoms with Crippen LogP contribution in [0, 0.1) is 0 Å². The highest BCUT2D eigenvalue weighted by Gasteiger charge is 2.19. The minimum atomic E-state index is -0.997. The molecule has 0 radical (unpaired) electrons. The normalized spacial score (nSPS) is 11.8. The molecule has 2 rings (SSSR count). The molecule has 0 aliphatic heterocycles. The molecular weight excluding hydrogens is 254 g/mol. The van der Waals surface area contributed by atoms with Crippen LogP contribution in [0.3, 0.4) is 0 Å². The first-order chi connectivity index (χ1) is 8.66. The Kier molecular flexibility index (Phi) is 3.74. The fourth-order valence-corrected chi connectivity index (χ4v) is 1.64. The first-order valence-corrected chi connectivity index (χ1v) is 5.56. The predicted octanol–water partition coefficient (Wildman–Crippen LogP) is 2.37. The van der Waals surface area contributed by atoms with Crippen LogP contribution < -0.4 is 5.32 Å². The summed E-state index contributed by atoms with van der Waals surface area (Å²) in [7, 11) is 0. The van der Waals surface area contributed by atoms with Crippen molar-refractivity contribution in [2.75, 3.05) is 5.32 Å². The summed E-state index contributed by atoms with van der Waals surface area (Å²) < 4.78 is 0. The molecule has 18 heavy (non-hydrogen) atoms. The van der Waals surface area contributed by atoms with E-state index in [2.05, 4.69) is 15.3 Å². The largest absolute Gasteiger partial charge is 0.479 e. The van der Waals surface area contributed by atoms with Crippen molar-refractivity contribution in [3.8, 4) is 0 Å². The molecule has 6 heteroatoms. The Morgan fingerprint density at radius 3 is 2.61 bits per heavy atom. The van der Waals surface area contributed by atoms with Crippen molar-refractivity contribution in [3.05, 3.63) is 53.4 Å². The zero-order chi connectivity index (χ0) is 13.0. The number of aliphatic carboxylic acids is 1. The van der Waals surface area contributed by atoms with Gasteiger partial charge in [-0.05, 0) is 5.56 Å². The first-order valence-electron chi connectivity index (χ1n) is 5.18. The summed E-state index contributed by atoms with van der Waals surface area (Å²) >= 11 is 5.69. The van der Waals surface area contributed by atoms with Gasteiger partial charge in [-0.2, -0.15) is 0 Å². The molecule has 1 heterocycles. The molecule has 0 fully saturated rings. The SMILES string of the molecule is O=C(O)C(Nc1cncc(Cl)n1)c1ccccc1. The number of rotatable bonds is 4. The molecule has 0 aliphatic rings. The summed E-state index contributed by atoms with van der Waals surface area (Å²) in [6, 6.07) is 7.93. The number of benzene rings is 1. The van der Waals surface area contributed by atoms with Crippen molar-refractivity contribution in [3.63, 3.8) is 0 Å². The molecule has 1 unspecified atom stereocenters. The number of halogens is 1. The van der Waals surface area contributed by atoms with Gasteiger partial charge in [-0.1, -0.05) is 41.9 Å². The van der Waals surface area contributed by atoms with Gasteiger partial charge in [-0.15, -0.1) is 0 Å². The second kappa shape index (κ2) is 5.46. The van der Waals surface area contributed by atoms with Crippen molar-refractivity contribution in [2.45, 2.75) is 6.04 Å². The van der Waals surface area contributed by atoms with Crippen LogP contribution in [0.1, 0.15) is 11.6 Å². The van der Waals surface area contributed by atoms with E-state index in [0.717, 1.165) is 0 Å². The number of hydrogen-bond acceptors (Lipinski definition) is 4. The van der Waals surface area contributed by atoms with Gasteiger partial charge in [-0.3, -0.25) is 4.98 Å². The fraction of sp³-hybridized carbons (Fsp3) is 0.0833. The molecule has 5 nitrogen and oxygen atoms in total. The number of aromatic nitrogens is 2. The molecule has 92 valence electrons. The predicted molar refractivity (Wildman–Crippen MR) is 67.5 cm³/mol. The van der Waals surface area contributed by atoms with E-state index in [1.165, 1.54) is 12.4 Å². The lowest BCUT2D eigenvalue weighted by Gasteiger charge is -2.15. The van der Waals surface area contributed by atoms with Crippen molar-refractivity contribution >= 4 is 23.4 Å². The summed E-state index contributed by atoms with van der Waals surface area (Å²) in [5.74, 6) is -0.679. The zero-order valence-electron chi connectivity index (χ0n) is 9.25. The summed E-state index contributed by atoms with van der Waals surface area (Å²) in [5.41, 5.74) is 0.631. The lowest BCUT2D eigenvalue weighted by Crippen LogP contribution is -2.21. The molecule has 0 saturated carbocycles. The minimum absolute atomic E-state index is 0.206. The van der Waals surface area contributed by atoms with Crippen LogP contribution in [-0.4, -0.2) is 21.0 Å². The molecule has 2 aromatic rings. The van der Waals surface area contributed by atoms with Gasteiger partial charge in [0.15, 0.2) is 6.04 Å². The third-order valence-electron chi connectivity index (χ3n) is 2.28. The van der Waals surface area contributed by atoms with E-state index in [0.29, 0.717) is 11.4 Å². The molecule has 0 aliphatic carbocycles. The number of hydrogen-bond donors (Lipinski definition) is 2. The molecule has 1 atom stereocenters. The number of carbonyl (C=O) groups is 1. The van der Waals surface area contributed by atoms with Crippen LogP contribution in [0.2, 0.25) is 5.15 Å². The van der Waals surface area contributed by atoms with Gasteiger partial charge >= 0.3 is 5.97 Å². The summed E-state index contributed by atoms with van der Waals surface area (Å²) in [6.07, 6.45) is 2.80. The molecule has 1 aromatic carbocycles. The average molecular weight is 264 g/mol. The highest BCUT2D eigenvalue weighted by atomic mass is 35.5. The van der Waals surface area contributed by atoms with Crippen LogP contribution in [0.5, 0.6) is 0 Å². The van der Waals surface area contributed by atoms with E-state index in [1.54, 1.807) is 24.3 Å². The maximum Gasteiger partial charge on any atom is 0.330 e. The quantitative estimate of drug-likeness (QED) is 0.886.